The standard InChI is InChI=1S/C16H24FNO3/c1-10(2)14(19)16(3,4)9-18-15(20)12-7-6-11(21-5)8-13(12)17/h6-8,10,14,19H,9H2,1-5H3,(H,18,20). The van der Waals surface area contributed by atoms with E-state index in [0.29, 0.717) is 5.75 Å². The van der Waals surface area contributed by atoms with Gasteiger partial charge in [0.05, 0.1) is 18.8 Å². The lowest BCUT2D eigenvalue weighted by atomic mass is 9.80. The molecule has 0 spiro atoms. The van der Waals surface area contributed by atoms with Crippen LogP contribution < -0.4 is 10.1 Å². The van der Waals surface area contributed by atoms with Crippen molar-refractivity contribution in [2.75, 3.05) is 13.7 Å². The van der Waals surface area contributed by atoms with Crippen LogP contribution in [-0.2, 0) is 0 Å². The van der Waals surface area contributed by atoms with Gasteiger partial charge in [0, 0.05) is 18.0 Å². The molecule has 0 fully saturated rings. The number of ether oxygens (including phenoxy) is 1. The molecule has 0 saturated heterocycles. The summed E-state index contributed by atoms with van der Waals surface area (Å²) in [6.07, 6.45) is -0.557. The zero-order chi connectivity index (χ0) is 16.2. The van der Waals surface area contributed by atoms with Crippen LogP contribution in [0.2, 0.25) is 0 Å². The lowest BCUT2D eigenvalue weighted by molar-refractivity contribution is 0.0138. The SMILES string of the molecule is COc1ccc(C(=O)NCC(C)(C)C(O)C(C)C)c(F)c1. The number of nitrogens with one attached hydrogen (secondary N) is 1. The monoisotopic (exact) mass is 297 g/mol. The molecule has 1 unspecified atom stereocenters. The molecule has 0 radical (unpaired) electrons. The molecule has 0 heterocycles. The third-order valence-electron chi connectivity index (χ3n) is 3.56. The van der Waals surface area contributed by atoms with Crippen LogP contribution in [0.5, 0.6) is 5.75 Å². The quantitative estimate of drug-likeness (QED) is 0.848. The topological polar surface area (TPSA) is 58.6 Å². The number of carbonyl (C=O) groups excluding carboxylic acids is 1. The highest BCUT2D eigenvalue weighted by atomic mass is 19.1. The van der Waals surface area contributed by atoms with Crippen molar-refractivity contribution in [3.8, 4) is 5.75 Å². The lowest BCUT2D eigenvalue weighted by Crippen LogP contribution is -2.43. The summed E-state index contributed by atoms with van der Waals surface area (Å²) in [7, 11) is 1.43. The molecule has 0 saturated carbocycles. The van der Waals surface area contributed by atoms with Crippen LogP contribution in [0.4, 0.5) is 4.39 Å². The Morgan fingerprint density at radius 3 is 2.52 bits per heavy atom. The number of amides is 1. The Balaban J connectivity index is 2.74. The molecule has 0 bridgehead atoms. The fourth-order valence-electron chi connectivity index (χ4n) is 2.22. The highest BCUT2D eigenvalue weighted by molar-refractivity contribution is 5.94. The number of methoxy groups -OCH3 is 1. The molecule has 118 valence electrons. The molecule has 4 nitrogen and oxygen atoms in total. The second-order valence-electron chi connectivity index (χ2n) is 6.21. The van der Waals surface area contributed by atoms with Crippen LogP contribution in [0.15, 0.2) is 18.2 Å². The molecule has 1 aromatic carbocycles. The second-order valence-corrected chi connectivity index (χ2v) is 6.21. The summed E-state index contributed by atoms with van der Waals surface area (Å²) >= 11 is 0. The van der Waals surface area contributed by atoms with Gasteiger partial charge in [-0.3, -0.25) is 4.79 Å². The van der Waals surface area contributed by atoms with Gasteiger partial charge in [0.1, 0.15) is 11.6 Å². The average Bonchev–Trinajstić information content (AvgIpc) is 2.43. The fraction of sp³-hybridized carbons (Fsp3) is 0.562. The molecule has 0 aliphatic rings. The van der Waals surface area contributed by atoms with E-state index in [9.17, 15) is 14.3 Å². The summed E-state index contributed by atoms with van der Waals surface area (Å²) in [4.78, 5) is 12.0. The van der Waals surface area contributed by atoms with Gasteiger partial charge >= 0.3 is 0 Å². The fourth-order valence-corrected chi connectivity index (χ4v) is 2.22. The Kier molecular flexibility index (Phi) is 5.72. The molecule has 2 N–H and O–H groups in total. The number of benzene rings is 1. The van der Waals surface area contributed by atoms with Crippen LogP contribution in [-0.4, -0.2) is 30.8 Å². The highest BCUT2D eigenvalue weighted by Gasteiger charge is 2.30. The zero-order valence-electron chi connectivity index (χ0n) is 13.2. The molecule has 0 aliphatic carbocycles. The van der Waals surface area contributed by atoms with Gasteiger partial charge in [-0.25, -0.2) is 4.39 Å². The highest BCUT2D eigenvalue weighted by Crippen LogP contribution is 2.25. The molecule has 5 heteroatoms. The maximum atomic E-state index is 13.8. The first-order valence-electron chi connectivity index (χ1n) is 6.99. The van der Waals surface area contributed by atoms with Crippen molar-refractivity contribution in [2.45, 2.75) is 33.8 Å². The van der Waals surface area contributed by atoms with E-state index in [2.05, 4.69) is 5.32 Å². The molecule has 0 aromatic heterocycles. The van der Waals surface area contributed by atoms with E-state index in [-0.39, 0.29) is 18.0 Å². The Morgan fingerprint density at radius 1 is 1.43 bits per heavy atom. The molecule has 1 amide bonds. The Morgan fingerprint density at radius 2 is 2.05 bits per heavy atom. The molecular formula is C16H24FNO3. The first kappa shape index (κ1) is 17.4. The molecule has 21 heavy (non-hydrogen) atoms. The third-order valence-corrected chi connectivity index (χ3v) is 3.56. The van der Waals surface area contributed by atoms with Crippen molar-refractivity contribution < 1.29 is 19.0 Å². The maximum Gasteiger partial charge on any atom is 0.254 e. The Bertz CT molecular complexity index is 500. The average molecular weight is 297 g/mol. The molecular weight excluding hydrogens is 273 g/mol. The summed E-state index contributed by atoms with van der Waals surface area (Å²) in [5.41, 5.74) is -0.530. The number of carbonyl (C=O) groups is 1. The van der Waals surface area contributed by atoms with Crippen LogP contribution in [0.3, 0.4) is 0 Å². The number of halogens is 1. The summed E-state index contributed by atoms with van der Waals surface area (Å²) < 4.78 is 18.7. The maximum absolute atomic E-state index is 13.8. The number of hydrogen-bond donors (Lipinski definition) is 2. The second kappa shape index (κ2) is 6.89. The summed E-state index contributed by atoms with van der Waals surface area (Å²) in [6.45, 7) is 7.82. The smallest absolute Gasteiger partial charge is 0.254 e. The van der Waals surface area contributed by atoms with E-state index in [1.54, 1.807) is 0 Å². The Labute approximate surface area is 125 Å². The van der Waals surface area contributed by atoms with Crippen molar-refractivity contribution in [2.24, 2.45) is 11.3 Å². The van der Waals surface area contributed by atoms with E-state index in [1.807, 2.05) is 27.7 Å². The molecule has 1 atom stereocenters. The van der Waals surface area contributed by atoms with E-state index >= 15 is 0 Å². The van der Waals surface area contributed by atoms with Gasteiger partial charge in [-0.1, -0.05) is 27.7 Å². The summed E-state index contributed by atoms with van der Waals surface area (Å²) in [6, 6.07) is 4.09. The minimum absolute atomic E-state index is 0.0364. The minimum Gasteiger partial charge on any atom is -0.497 e. The van der Waals surface area contributed by atoms with Crippen LogP contribution >= 0.6 is 0 Å². The van der Waals surface area contributed by atoms with Crippen molar-refractivity contribution >= 4 is 5.91 Å². The van der Waals surface area contributed by atoms with Crippen LogP contribution in [0.25, 0.3) is 0 Å². The predicted molar refractivity (Wildman–Crippen MR) is 79.9 cm³/mol. The Hall–Kier alpha value is -1.62. The molecule has 1 rings (SSSR count). The number of aliphatic hydroxyl groups excluding tert-OH is 1. The first-order valence-corrected chi connectivity index (χ1v) is 6.99. The summed E-state index contributed by atoms with van der Waals surface area (Å²) in [5, 5.41) is 12.8. The van der Waals surface area contributed by atoms with Gasteiger partial charge in [0.25, 0.3) is 5.91 Å². The summed E-state index contributed by atoms with van der Waals surface area (Å²) in [5.74, 6) is -0.692. The predicted octanol–water partition coefficient (Wildman–Crippen LogP) is 2.61. The van der Waals surface area contributed by atoms with Gasteiger partial charge in [0.2, 0.25) is 0 Å². The van der Waals surface area contributed by atoms with E-state index in [0.717, 1.165) is 0 Å². The van der Waals surface area contributed by atoms with Gasteiger partial charge in [-0.05, 0) is 18.1 Å². The van der Waals surface area contributed by atoms with Gasteiger partial charge in [0.15, 0.2) is 0 Å². The lowest BCUT2D eigenvalue weighted by Gasteiger charge is -2.33. The van der Waals surface area contributed by atoms with Crippen molar-refractivity contribution in [1.82, 2.24) is 5.32 Å². The number of hydrogen-bond acceptors (Lipinski definition) is 3. The van der Waals surface area contributed by atoms with Gasteiger partial charge in [-0.2, -0.15) is 0 Å². The van der Waals surface area contributed by atoms with Crippen molar-refractivity contribution in [3.63, 3.8) is 0 Å². The van der Waals surface area contributed by atoms with E-state index < -0.39 is 23.2 Å². The van der Waals surface area contributed by atoms with Crippen molar-refractivity contribution in [1.29, 1.82) is 0 Å². The largest absolute Gasteiger partial charge is 0.497 e. The van der Waals surface area contributed by atoms with Crippen LogP contribution in [0, 0.1) is 17.2 Å². The van der Waals surface area contributed by atoms with Crippen LogP contribution in [0.1, 0.15) is 38.1 Å². The number of rotatable bonds is 6. The first-order chi connectivity index (χ1) is 9.69. The molecule has 1 aromatic rings. The van der Waals surface area contributed by atoms with Gasteiger partial charge < -0.3 is 15.2 Å². The molecule has 0 aliphatic heterocycles. The van der Waals surface area contributed by atoms with E-state index in [1.165, 1.54) is 25.3 Å². The minimum atomic E-state index is -0.630. The third kappa shape index (κ3) is 4.43. The zero-order valence-corrected chi connectivity index (χ0v) is 13.2. The van der Waals surface area contributed by atoms with Gasteiger partial charge in [-0.15, -0.1) is 0 Å². The normalized spacial score (nSPS) is 13.1. The van der Waals surface area contributed by atoms with Crippen molar-refractivity contribution in [3.05, 3.63) is 29.6 Å². The van der Waals surface area contributed by atoms with E-state index in [4.69, 9.17) is 4.74 Å². The number of aliphatic hydroxyl groups is 1.